The average Bonchev–Trinajstić information content (AvgIpc) is 3.34. The zero-order valence-corrected chi connectivity index (χ0v) is 16.9. The van der Waals surface area contributed by atoms with Crippen LogP contribution in [0.5, 0.6) is 0 Å². The molecule has 1 atom stereocenters. The zero-order chi connectivity index (χ0) is 19.0. The van der Waals surface area contributed by atoms with E-state index in [1.165, 1.54) is 4.88 Å². The van der Waals surface area contributed by atoms with Gasteiger partial charge in [-0.1, -0.05) is 12.1 Å². The maximum atomic E-state index is 12.6. The smallest absolute Gasteiger partial charge is 0.239 e. The molecule has 1 aliphatic rings. The second kappa shape index (κ2) is 7.39. The molecule has 1 aromatic carbocycles. The van der Waals surface area contributed by atoms with Crippen molar-refractivity contribution in [3.05, 3.63) is 45.3 Å². The van der Waals surface area contributed by atoms with Crippen LogP contribution in [0.2, 0.25) is 0 Å². The monoisotopic (exact) mass is 396 g/mol. The molecule has 2 heterocycles. The van der Waals surface area contributed by atoms with Gasteiger partial charge in [-0.25, -0.2) is 4.98 Å². The molecule has 2 aromatic heterocycles. The number of aryl methyl sites for hydroxylation is 1. The molecule has 0 radical (unpaired) electrons. The lowest BCUT2D eigenvalue weighted by Crippen LogP contribution is -2.32. The maximum Gasteiger partial charge on any atom is 0.239 e. The first-order valence-corrected chi connectivity index (χ1v) is 10.6. The molecule has 1 N–H and O–H groups in total. The third kappa shape index (κ3) is 3.48. The molecule has 138 valence electrons. The normalized spacial score (nSPS) is 14.3. The Kier molecular flexibility index (Phi) is 4.96. The molecule has 0 spiro atoms. The van der Waals surface area contributed by atoms with Gasteiger partial charge in [0.15, 0.2) is 0 Å². The standard InChI is InChI=1S/C20H20N4OS2/c1-12(19-22-15-7-3-4-8-17(15)27-19)24(2)11-18(25)23-20-14(10-21)13-6-5-9-16(13)26-20/h3-4,7-8,12H,5-6,9,11H2,1-2H3,(H,23,25)/t12-/m0/s1. The first kappa shape index (κ1) is 18.1. The molecule has 0 saturated heterocycles. The van der Waals surface area contributed by atoms with E-state index in [1.807, 2.05) is 30.1 Å². The van der Waals surface area contributed by atoms with Crippen LogP contribution in [0.15, 0.2) is 24.3 Å². The summed E-state index contributed by atoms with van der Waals surface area (Å²) in [6.07, 6.45) is 3.06. The fraction of sp³-hybridized carbons (Fsp3) is 0.350. The number of fused-ring (bicyclic) bond motifs is 2. The van der Waals surface area contributed by atoms with E-state index in [4.69, 9.17) is 4.98 Å². The van der Waals surface area contributed by atoms with Crippen LogP contribution in [0.3, 0.4) is 0 Å². The SMILES string of the molecule is C[C@@H](c1nc2ccccc2s1)N(C)CC(=O)Nc1sc2c(c1C#N)CCC2. The Hall–Kier alpha value is -2.27. The van der Waals surface area contributed by atoms with Crippen molar-refractivity contribution in [1.29, 1.82) is 5.26 Å². The van der Waals surface area contributed by atoms with Gasteiger partial charge in [-0.2, -0.15) is 5.26 Å². The molecular formula is C20H20N4OS2. The number of hydrogen-bond donors (Lipinski definition) is 1. The van der Waals surface area contributed by atoms with E-state index >= 15 is 0 Å². The maximum absolute atomic E-state index is 12.6. The van der Waals surface area contributed by atoms with Crippen LogP contribution in [0.1, 0.15) is 40.4 Å². The van der Waals surface area contributed by atoms with Gasteiger partial charge in [-0.05, 0) is 50.9 Å². The number of nitriles is 1. The Bertz CT molecular complexity index is 1010. The van der Waals surface area contributed by atoms with Crippen molar-refractivity contribution in [2.24, 2.45) is 0 Å². The lowest BCUT2D eigenvalue weighted by atomic mass is 10.1. The number of thiophene rings is 1. The largest absolute Gasteiger partial charge is 0.315 e. The summed E-state index contributed by atoms with van der Waals surface area (Å²) in [5.74, 6) is -0.0955. The molecule has 3 aromatic rings. The van der Waals surface area contributed by atoms with E-state index in [2.05, 4.69) is 24.4 Å². The summed E-state index contributed by atoms with van der Waals surface area (Å²) in [4.78, 5) is 20.5. The Morgan fingerprint density at radius 1 is 1.37 bits per heavy atom. The quantitative estimate of drug-likeness (QED) is 0.696. The van der Waals surface area contributed by atoms with E-state index in [1.54, 1.807) is 22.7 Å². The summed E-state index contributed by atoms with van der Waals surface area (Å²) < 4.78 is 1.16. The van der Waals surface area contributed by atoms with Gasteiger partial charge in [0.05, 0.1) is 28.4 Å². The number of aromatic nitrogens is 1. The molecule has 5 nitrogen and oxygen atoms in total. The number of likely N-dealkylation sites (N-methyl/N-ethyl adjacent to an activating group) is 1. The van der Waals surface area contributed by atoms with Crippen LogP contribution in [-0.4, -0.2) is 29.4 Å². The van der Waals surface area contributed by atoms with Gasteiger partial charge in [0.2, 0.25) is 5.91 Å². The lowest BCUT2D eigenvalue weighted by Gasteiger charge is -2.22. The molecule has 0 fully saturated rings. The van der Waals surface area contributed by atoms with Crippen LogP contribution >= 0.6 is 22.7 Å². The number of anilines is 1. The van der Waals surface area contributed by atoms with E-state index in [-0.39, 0.29) is 18.5 Å². The summed E-state index contributed by atoms with van der Waals surface area (Å²) in [6, 6.07) is 10.4. The topological polar surface area (TPSA) is 69.0 Å². The number of amides is 1. The number of carbonyl (C=O) groups is 1. The summed E-state index contributed by atoms with van der Waals surface area (Å²) in [5, 5.41) is 14.1. The zero-order valence-electron chi connectivity index (χ0n) is 15.3. The Morgan fingerprint density at radius 2 is 2.19 bits per heavy atom. The Labute approximate surface area is 166 Å². The van der Waals surface area contributed by atoms with Gasteiger partial charge in [-0.3, -0.25) is 9.69 Å². The number of nitrogens with one attached hydrogen (secondary N) is 1. The molecule has 0 saturated carbocycles. The molecule has 4 rings (SSSR count). The van der Waals surface area contributed by atoms with Crippen molar-refractivity contribution < 1.29 is 4.79 Å². The lowest BCUT2D eigenvalue weighted by molar-refractivity contribution is -0.117. The van der Waals surface area contributed by atoms with Gasteiger partial charge in [-0.15, -0.1) is 22.7 Å². The van der Waals surface area contributed by atoms with Gasteiger partial charge in [0.1, 0.15) is 16.1 Å². The summed E-state index contributed by atoms with van der Waals surface area (Å²) >= 11 is 3.21. The predicted octanol–water partition coefficient (Wildman–Crippen LogP) is 4.35. The number of benzene rings is 1. The van der Waals surface area contributed by atoms with Crippen molar-refractivity contribution in [1.82, 2.24) is 9.88 Å². The first-order chi connectivity index (χ1) is 13.1. The molecule has 1 aliphatic carbocycles. The highest BCUT2D eigenvalue weighted by Gasteiger charge is 2.24. The number of carbonyl (C=O) groups excluding carboxylic acids is 1. The van der Waals surface area contributed by atoms with Crippen LogP contribution in [0, 0.1) is 11.3 Å². The van der Waals surface area contributed by atoms with Gasteiger partial charge >= 0.3 is 0 Å². The predicted molar refractivity (Wildman–Crippen MR) is 110 cm³/mol. The molecular weight excluding hydrogens is 376 g/mol. The highest BCUT2D eigenvalue weighted by atomic mass is 32.1. The van der Waals surface area contributed by atoms with Crippen LogP contribution in [-0.2, 0) is 17.6 Å². The fourth-order valence-corrected chi connectivity index (χ4v) is 5.74. The van der Waals surface area contributed by atoms with Crippen molar-refractivity contribution >= 4 is 43.8 Å². The van der Waals surface area contributed by atoms with E-state index in [0.717, 1.165) is 40.1 Å². The summed E-state index contributed by atoms with van der Waals surface area (Å²) in [5.41, 5.74) is 2.78. The fourth-order valence-electron chi connectivity index (χ4n) is 3.40. The van der Waals surface area contributed by atoms with Crippen LogP contribution in [0.4, 0.5) is 5.00 Å². The minimum Gasteiger partial charge on any atom is -0.315 e. The summed E-state index contributed by atoms with van der Waals surface area (Å²) in [7, 11) is 1.93. The second-order valence-electron chi connectivity index (χ2n) is 6.83. The molecule has 0 unspecified atom stereocenters. The third-order valence-corrected chi connectivity index (χ3v) is 7.42. The molecule has 27 heavy (non-hydrogen) atoms. The molecule has 7 heteroatoms. The summed E-state index contributed by atoms with van der Waals surface area (Å²) in [6.45, 7) is 2.32. The van der Waals surface area contributed by atoms with Crippen molar-refractivity contribution in [2.75, 3.05) is 18.9 Å². The number of hydrogen-bond acceptors (Lipinski definition) is 6. The van der Waals surface area contributed by atoms with Crippen LogP contribution < -0.4 is 5.32 Å². The molecule has 0 aliphatic heterocycles. The second-order valence-corrected chi connectivity index (χ2v) is 9.00. The molecule has 0 bridgehead atoms. The van der Waals surface area contributed by atoms with Gasteiger partial charge in [0, 0.05) is 4.88 Å². The van der Waals surface area contributed by atoms with E-state index in [9.17, 15) is 10.1 Å². The Morgan fingerprint density at radius 3 is 2.96 bits per heavy atom. The van der Waals surface area contributed by atoms with Crippen molar-refractivity contribution in [3.8, 4) is 6.07 Å². The number of thiazole rings is 1. The number of rotatable bonds is 5. The Balaban J connectivity index is 1.44. The van der Waals surface area contributed by atoms with Crippen molar-refractivity contribution in [2.45, 2.75) is 32.2 Å². The van der Waals surface area contributed by atoms with Crippen molar-refractivity contribution in [3.63, 3.8) is 0 Å². The van der Waals surface area contributed by atoms with Gasteiger partial charge in [0.25, 0.3) is 0 Å². The molecule has 1 amide bonds. The number of para-hydroxylation sites is 1. The third-order valence-electron chi connectivity index (χ3n) is 5.01. The first-order valence-electron chi connectivity index (χ1n) is 8.97. The highest BCUT2D eigenvalue weighted by Crippen LogP contribution is 2.38. The highest BCUT2D eigenvalue weighted by molar-refractivity contribution is 7.18. The van der Waals surface area contributed by atoms with E-state index in [0.29, 0.717) is 10.6 Å². The average molecular weight is 397 g/mol. The van der Waals surface area contributed by atoms with Crippen LogP contribution in [0.25, 0.3) is 10.2 Å². The minimum absolute atomic E-state index is 0.0388. The minimum atomic E-state index is -0.0955. The van der Waals surface area contributed by atoms with E-state index < -0.39 is 0 Å². The van der Waals surface area contributed by atoms with Gasteiger partial charge < -0.3 is 5.32 Å². The number of nitrogens with zero attached hydrogens (tertiary/aromatic N) is 3.